The van der Waals surface area contributed by atoms with Gasteiger partial charge in [-0.1, -0.05) is 30.3 Å². The summed E-state index contributed by atoms with van der Waals surface area (Å²) >= 11 is 0. The number of alkyl halides is 1. The summed E-state index contributed by atoms with van der Waals surface area (Å²) in [5, 5.41) is 0. The fraction of sp³-hybridized carbons (Fsp3) is 0.462. The maximum atomic E-state index is 12.5. The van der Waals surface area contributed by atoms with Crippen LogP contribution in [0.1, 0.15) is 24.9 Å². The van der Waals surface area contributed by atoms with Crippen molar-refractivity contribution in [2.45, 2.75) is 19.4 Å². The van der Waals surface area contributed by atoms with Gasteiger partial charge >= 0.3 is 0 Å². The third-order valence-corrected chi connectivity index (χ3v) is 3.21. The summed E-state index contributed by atoms with van der Waals surface area (Å²) in [5.74, 6) is -0.0438. The normalized spacial score (nSPS) is 22.5. The monoisotopic (exact) mass is 221 g/mol. The first-order chi connectivity index (χ1) is 7.72. The molecule has 2 rings (SSSR count). The van der Waals surface area contributed by atoms with Crippen LogP contribution in [0.25, 0.3) is 0 Å². The third-order valence-electron chi connectivity index (χ3n) is 3.21. The molecule has 16 heavy (non-hydrogen) atoms. The average molecular weight is 221 g/mol. The Morgan fingerprint density at radius 3 is 2.69 bits per heavy atom. The molecule has 0 spiro atoms. The summed E-state index contributed by atoms with van der Waals surface area (Å²) in [7, 11) is 0. The smallest absolute Gasteiger partial charge is 0.223 e. The summed E-state index contributed by atoms with van der Waals surface area (Å²) in [4.78, 5) is 13.5. The number of amides is 1. The molecule has 0 aliphatic carbocycles. The maximum Gasteiger partial charge on any atom is 0.223 e. The molecule has 3 heteroatoms. The van der Waals surface area contributed by atoms with Gasteiger partial charge in [0.15, 0.2) is 0 Å². The number of hydrogen-bond donors (Lipinski definition) is 0. The fourth-order valence-corrected chi connectivity index (χ4v) is 2.20. The van der Waals surface area contributed by atoms with Crippen LogP contribution in [0.5, 0.6) is 0 Å². The van der Waals surface area contributed by atoms with Crippen LogP contribution in [0, 0.1) is 5.92 Å². The largest absolute Gasteiger partial charge is 0.336 e. The van der Waals surface area contributed by atoms with Gasteiger partial charge in [-0.3, -0.25) is 9.18 Å². The molecule has 0 saturated carbocycles. The predicted molar refractivity (Wildman–Crippen MR) is 60.7 cm³/mol. The minimum absolute atomic E-state index is 0.0465. The highest BCUT2D eigenvalue weighted by Crippen LogP contribution is 2.28. The number of nitrogens with zero attached hydrogens (tertiary/aromatic N) is 1. The molecule has 2 atom stereocenters. The average Bonchev–Trinajstić information content (AvgIpc) is 2.71. The Morgan fingerprint density at radius 1 is 1.44 bits per heavy atom. The first-order valence-corrected chi connectivity index (χ1v) is 5.62. The van der Waals surface area contributed by atoms with Crippen LogP contribution in [-0.2, 0) is 4.79 Å². The Kier molecular flexibility index (Phi) is 3.22. The van der Waals surface area contributed by atoms with Gasteiger partial charge in [0.2, 0.25) is 5.91 Å². The van der Waals surface area contributed by atoms with Gasteiger partial charge in [0, 0.05) is 18.9 Å². The minimum atomic E-state index is -0.399. The standard InChI is InChI=1S/C13H16FNO/c1-10(12-5-3-2-4-6-12)15-9-11(8-14)7-13(15)16/h2-6,10-11H,7-9H2,1H3/t10-,11-/m1/s1. The van der Waals surface area contributed by atoms with E-state index in [0.29, 0.717) is 13.0 Å². The van der Waals surface area contributed by atoms with Crippen LogP contribution in [-0.4, -0.2) is 24.0 Å². The molecule has 0 unspecified atom stereocenters. The van der Waals surface area contributed by atoms with Gasteiger partial charge in [0.1, 0.15) is 0 Å². The number of carbonyl (C=O) groups excluding carboxylic acids is 1. The van der Waals surface area contributed by atoms with Crippen LogP contribution in [0.3, 0.4) is 0 Å². The molecule has 1 aliphatic rings. The maximum absolute atomic E-state index is 12.5. The van der Waals surface area contributed by atoms with Crippen molar-refractivity contribution in [2.75, 3.05) is 13.2 Å². The number of carbonyl (C=O) groups is 1. The van der Waals surface area contributed by atoms with E-state index in [-0.39, 0.29) is 17.9 Å². The van der Waals surface area contributed by atoms with Crippen molar-refractivity contribution in [2.24, 2.45) is 5.92 Å². The van der Waals surface area contributed by atoms with Gasteiger partial charge in [-0.25, -0.2) is 0 Å². The lowest BCUT2D eigenvalue weighted by molar-refractivity contribution is -0.129. The summed E-state index contributed by atoms with van der Waals surface area (Å²) in [5.41, 5.74) is 1.11. The number of halogens is 1. The van der Waals surface area contributed by atoms with Gasteiger partial charge in [-0.05, 0) is 12.5 Å². The quantitative estimate of drug-likeness (QED) is 0.768. The van der Waals surface area contributed by atoms with Crippen LogP contribution >= 0.6 is 0 Å². The molecule has 0 radical (unpaired) electrons. The van der Waals surface area contributed by atoms with Crippen LogP contribution in [0.15, 0.2) is 30.3 Å². The Morgan fingerprint density at radius 2 is 2.12 bits per heavy atom. The Hall–Kier alpha value is -1.38. The van der Waals surface area contributed by atoms with Crippen molar-refractivity contribution < 1.29 is 9.18 Å². The van der Waals surface area contributed by atoms with Gasteiger partial charge in [0.25, 0.3) is 0 Å². The minimum Gasteiger partial charge on any atom is -0.336 e. The number of likely N-dealkylation sites (tertiary alicyclic amines) is 1. The molecule has 0 bridgehead atoms. The highest BCUT2D eigenvalue weighted by atomic mass is 19.1. The summed E-state index contributed by atoms with van der Waals surface area (Å²) in [6, 6.07) is 9.91. The van der Waals surface area contributed by atoms with Gasteiger partial charge in [-0.2, -0.15) is 0 Å². The fourth-order valence-electron chi connectivity index (χ4n) is 2.20. The molecular weight excluding hydrogens is 205 g/mol. The second-order valence-corrected chi connectivity index (χ2v) is 4.36. The summed E-state index contributed by atoms with van der Waals surface area (Å²) < 4.78 is 12.5. The van der Waals surface area contributed by atoms with E-state index in [1.54, 1.807) is 4.90 Å². The van der Waals surface area contributed by atoms with Gasteiger partial charge < -0.3 is 4.90 Å². The van der Waals surface area contributed by atoms with Crippen molar-refractivity contribution in [1.82, 2.24) is 4.90 Å². The molecule has 86 valence electrons. The molecule has 1 aromatic carbocycles. The summed E-state index contributed by atoms with van der Waals surface area (Å²) in [6.07, 6.45) is 0.355. The van der Waals surface area contributed by atoms with E-state index in [4.69, 9.17) is 0 Å². The number of rotatable bonds is 3. The highest BCUT2D eigenvalue weighted by Gasteiger charge is 2.32. The Labute approximate surface area is 95.1 Å². The lowest BCUT2D eigenvalue weighted by Crippen LogP contribution is -2.28. The van der Waals surface area contributed by atoms with Crippen molar-refractivity contribution in [3.8, 4) is 0 Å². The Balaban J connectivity index is 2.11. The molecule has 1 aliphatic heterocycles. The molecule has 1 heterocycles. The van der Waals surface area contributed by atoms with E-state index in [1.807, 2.05) is 37.3 Å². The van der Waals surface area contributed by atoms with E-state index in [2.05, 4.69) is 0 Å². The molecule has 1 aromatic rings. The molecule has 1 fully saturated rings. The zero-order valence-electron chi connectivity index (χ0n) is 9.40. The van der Waals surface area contributed by atoms with Crippen molar-refractivity contribution in [1.29, 1.82) is 0 Å². The molecule has 2 nitrogen and oxygen atoms in total. The Bertz CT molecular complexity index is 365. The third kappa shape index (κ3) is 2.08. The zero-order valence-corrected chi connectivity index (χ0v) is 9.40. The molecule has 1 saturated heterocycles. The highest BCUT2D eigenvalue weighted by molar-refractivity contribution is 5.79. The lowest BCUT2D eigenvalue weighted by atomic mass is 10.1. The van der Waals surface area contributed by atoms with Crippen LogP contribution < -0.4 is 0 Å². The second kappa shape index (κ2) is 4.64. The van der Waals surface area contributed by atoms with Crippen LogP contribution in [0.4, 0.5) is 4.39 Å². The number of hydrogen-bond acceptors (Lipinski definition) is 1. The van der Waals surface area contributed by atoms with E-state index < -0.39 is 6.67 Å². The topological polar surface area (TPSA) is 20.3 Å². The van der Waals surface area contributed by atoms with Crippen molar-refractivity contribution in [3.05, 3.63) is 35.9 Å². The van der Waals surface area contributed by atoms with Gasteiger partial charge in [-0.15, -0.1) is 0 Å². The van der Waals surface area contributed by atoms with E-state index in [0.717, 1.165) is 5.56 Å². The van der Waals surface area contributed by atoms with Crippen molar-refractivity contribution in [3.63, 3.8) is 0 Å². The van der Waals surface area contributed by atoms with E-state index >= 15 is 0 Å². The van der Waals surface area contributed by atoms with Gasteiger partial charge in [0.05, 0.1) is 12.7 Å². The predicted octanol–water partition coefficient (Wildman–Crippen LogP) is 2.57. The summed E-state index contributed by atoms with van der Waals surface area (Å²) in [6.45, 7) is 2.14. The number of benzene rings is 1. The first-order valence-electron chi connectivity index (χ1n) is 5.62. The first kappa shape index (κ1) is 11.1. The zero-order chi connectivity index (χ0) is 11.5. The molecule has 0 N–H and O–H groups in total. The molecular formula is C13H16FNO. The van der Waals surface area contributed by atoms with Crippen molar-refractivity contribution >= 4 is 5.91 Å². The molecule has 0 aromatic heterocycles. The SMILES string of the molecule is C[C@H](c1ccccc1)N1C[C@@H](CF)CC1=O. The second-order valence-electron chi connectivity index (χ2n) is 4.36. The molecule has 1 amide bonds. The van der Waals surface area contributed by atoms with Crippen LogP contribution in [0.2, 0.25) is 0 Å². The van der Waals surface area contributed by atoms with E-state index in [9.17, 15) is 9.18 Å². The lowest BCUT2D eigenvalue weighted by Gasteiger charge is -2.25. The van der Waals surface area contributed by atoms with E-state index in [1.165, 1.54) is 0 Å².